The Kier molecular flexibility index (Phi) is 6.14. The Morgan fingerprint density at radius 1 is 1.03 bits per heavy atom. The minimum Gasteiger partial charge on any atom is -0.496 e. The molecule has 0 saturated carbocycles. The molecule has 5 nitrogen and oxygen atoms in total. The first-order chi connectivity index (χ1) is 14.6. The van der Waals surface area contributed by atoms with E-state index in [9.17, 15) is 4.79 Å². The molecule has 0 aliphatic carbocycles. The molecular weight excluding hydrogens is 398 g/mol. The molecule has 0 saturated heterocycles. The summed E-state index contributed by atoms with van der Waals surface area (Å²) in [6, 6.07) is 19.6. The minimum atomic E-state index is -0.128. The molecule has 0 radical (unpaired) electrons. The molecule has 1 heterocycles. The fourth-order valence-corrected chi connectivity index (χ4v) is 4.04. The summed E-state index contributed by atoms with van der Waals surface area (Å²) in [6.07, 6.45) is 0. The van der Waals surface area contributed by atoms with E-state index < -0.39 is 0 Å². The molecule has 0 atom stereocenters. The molecule has 0 spiro atoms. The van der Waals surface area contributed by atoms with Crippen LogP contribution < -0.4 is 19.5 Å². The van der Waals surface area contributed by atoms with Gasteiger partial charge in [0.25, 0.3) is 5.91 Å². The zero-order valence-corrected chi connectivity index (χ0v) is 17.8. The van der Waals surface area contributed by atoms with E-state index in [-0.39, 0.29) is 12.7 Å². The lowest BCUT2D eigenvalue weighted by Crippen LogP contribution is -2.22. The highest BCUT2D eigenvalue weighted by atomic mass is 32.2. The molecule has 0 unspecified atom stereocenters. The van der Waals surface area contributed by atoms with Gasteiger partial charge in [-0.15, -0.1) is 11.8 Å². The van der Waals surface area contributed by atoms with Crippen molar-refractivity contribution in [3.05, 3.63) is 82.9 Å². The number of carbonyl (C=O) groups excluding carboxylic acids is 1. The third-order valence-electron chi connectivity index (χ3n) is 4.85. The molecule has 154 valence electrons. The molecule has 30 heavy (non-hydrogen) atoms. The average molecular weight is 422 g/mol. The van der Waals surface area contributed by atoms with Gasteiger partial charge in [-0.05, 0) is 55.0 Å². The van der Waals surface area contributed by atoms with Crippen LogP contribution >= 0.6 is 11.8 Å². The van der Waals surface area contributed by atoms with Gasteiger partial charge in [-0.2, -0.15) is 0 Å². The Hall–Kier alpha value is -3.12. The second kappa shape index (κ2) is 9.13. The first-order valence-electron chi connectivity index (χ1n) is 9.65. The number of amides is 1. The van der Waals surface area contributed by atoms with Gasteiger partial charge in [-0.3, -0.25) is 4.79 Å². The molecule has 1 aliphatic rings. The second-order valence-electron chi connectivity index (χ2n) is 7.00. The molecule has 6 heteroatoms. The van der Waals surface area contributed by atoms with E-state index in [1.807, 2.05) is 30.3 Å². The quantitative estimate of drug-likeness (QED) is 0.547. The van der Waals surface area contributed by atoms with E-state index in [0.29, 0.717) is 17.9 Å². The minimum absolute atomic E-state index is 0.128. The summed E-state index contributed by atoms with van der Waals surface area (Å²) in [6.45, 7) is 2.72. The number of fused-ring (bicyclic) bond motifs is 1. The Morgan fingerprint density at radius 3 is 2.63 bits per heavy atom. The van der Waals surface area contributed by atoms with Gasteiger partial charge in [0.1, 0.15) is 5.75 Å². The third-order valence-corrected chi connectivity index (χ3v) is 5.91. The molecular formula is C24H23NO4S. The zero-order valence-electron chi connectivity index (χ0n) is 16.9. The van der Waals surface area contributed by atoms with Crippen molar-refractivity contribution in [2.45, 2.75) is 24.1 Å². The van der Waals surface area contributed by atoms with Crippen molar-refractivity contribution in [2.24, 2.45) is 0 Å². The maximum atomic E-state index is 12.7. The van der Waals surface area contributed by atoms with Crippen LogP contribution in [0.3, 0.4) is 0 Å². The zero-order chi connectivity index (χ0) is 20.9. The van der Waals surface area contributed by atoms with Crippen molar-refractivity contribution in [1.29, 1.82) is 0 Å². The van der Waals surface area contributed by atoms with Crippen molar-refractivity contribution >= 4 is 17.7 Å². The van der Waals surface area contributed by atoms with Crippen molar-refractivity contribution < 1.29 is 19.0 Å². The van der Waals surface area contributed by atoms with E-state index >= 15 is 0 Å². The highest BCUT2D eigenvalue weighted by molar-refractivity contribution is 7.98. The summed E-state index contributed by atoms with van der Waals surface area (Å²) < 4.78 is 16.2. The number of rotatable bonds is 7. The fraction of sp³-hybridized carbons (Fsp3) is 0.208. The van der Waals surface area contributed by atoms with E-state index in [1.165, 1.54) is 10.5 Å². The Labute approximate surface area is 180 Å². The van der Waals surface area contributed by atoms with Crippen molar-refractivity contribution in [3.8, 4) is 17.2 Å². The summed E-state index contributed by atoms with van der Waals surface area (Å²) in [4.78, 5) is 13.9. The van der Waals surface area contributed by atoms with Crippen LogP contribution in [0, 0.1) is 6.92 Å². The maximum Gasteiger partial charge on any atom is 0.251 e. The average Bonchev–Trinajstić information content (AvgIpc) is 3.25. The standard InChI is InChI=1S/C24H23NO4S/c1-16-3-7-20(8-4-16)30-14-19-12-18(6-10-21(19)27-2)24(26)25-13-17-5-9-22-23(11-17)29-15-28-22/h3-12H,13-15H2,1-2H3,(H,25,26). The first-order valence-corrected chi connectivity index (χ1v) is 10.6. The SMILES string of the molecule is COc1ccc(C(=O)NCc2ccc3c(c2)OCO3)cc1CSc1ccc(C)cc1. The Morgan fingerprint density at radius 2 is 1.83 bits per heavy atom. The highest BCUT2D eigenvalue weighted by Gasteiger charge is 2.14. The number of carbonyl (C=O) groups is 1. The Bertz CT molecular complexity index is 1050. The molecule has 4 rings (SSSR count). The lowest BCUT2D eigenvalue weighted by Gasteiger charge is -2.12. The van der Waals surface area contributed by atoms with Crippen LogP contribution in [0.4, 0.5) is 0 Å². The lowest BCUT2D eigenvalue weighted by atomic mass is 10.1. The van der Waals surface area contributed by atoms with E-state index in [2.05, 4.69) is 36.5 Å². The van der Waals surface area contributed by atoms with E-state index in [1.54, 1.807) is 24.9 Å². The second-order valence-corrected chi connectivity index (χ2v) is 8.05. The number of benzene rings is 3. The highest BCUT2D eigenvalue weighted by Crippen LogP contribution is 2.32. The smallest absolute Gasteiger partial charge is 0.251 e. The number of hydrogen-bond acceptors (Lipinski definition) is 5. The summed E-state index contributed by atoms with van der Waals surface area (Å²) in [7, 11) is 1.65. The Balaban J connectivity index is 1.42. The summed E-state index contributed by atoms with van der Waals surface area (Å²) >= 11 is 1.72. The van der Waals surface area contributed by atoms with Crippen LogP contribution in [0.5, 0.6) is 17.2 Å². The van der Waals surface area contributed by atoms with Gasteiger partial charge in [0.05, 0.1) is 7.11 Å². The van der Waals surface area contributed by atoms with Crippen molar-refractivity contribution in [2.75, 3.05) is 13.9 Å². The molecule has 3 aromatic carbocycles. The van der Waals surface area contributed by atoms with Gasteiger partial charge in [0, 0.05) is 28.3 Å². The topological polar surface area (TPSA) is 56.8 Å². The van der Waals surface area contributed by atoms with Crippen LogP contribution in [0.2, 0.25) is 0 Å². The number of aryl methyl sites for hydroxylation is 1. The predicted molar refractivity (Wildman–Crippen MR) is 117 cm³/mol. The summed E-state index contributed by atoms with van der Waals surface area (Å²) in [5, 5.41) is 2.97. The molecule has 0 aromatic heterocycles. The van der Waals surface area contributed by atoms with Gasteiger partial charge < -0.3 is 19.5 Å². The number of nitrogens with one attached hydrogen (secondary N) is 1. The number of ether oxygens (including phenoxy) is 3. The van der Waals surface area contributed by atoms with Crippen molar-refractivity contribution in [1.82, 2.24) is 5.32 Å². The van der Waals surface area contributed by atoms with Gasteiger partial charge >= 0.3 is 0 Å². The monoisotopic (exact) mass is 421 g/mol. The molecule has 0 fully saturated rings. The number of thioether (sulfide) groups is 1. The molecule has 1 N–H and O–H groups in total. The van der Waals surface area contributed by atoms with Crippen molar-refractivity contribution in [3.63, 3.8) is 0 Å². The normalized spacial score (nSPS) is 11.9. The van der Waals surface area contributed by atoms with E-state index in [0.717, 1.165) is 28.4 Å². The number of methoxy groups -OCH3 is 1. The number of hydrogen-bond donors (Lipinski definition) is 1. The fourth-order valence-electron chi connectivity index (χ4n) is 3.16. The van der Waals surface area contributed by atoms with Gasteiger partial charge in [-0.1, -0.05) is 23.8 Å². The predicted octanol–water partition coefficient (Wildman–Crippen LogP) is 4.95. The summed E-state index contributed by atoms with van der Waals surface area (Å²) in [5.74, 6) is 2.81. The van der Waals surface area contributed by atoms with Gasteiger partial charge in [-0.25, -0.2) is 0 Å². The van der Waals surface area contributed by atoms with Gasteiger partial charge in [0.15, 0.2) is 11.5 Å². The molecule has 0 bridgehead atoms. The van der Waals surface area contributed by atoms with Crippen LogP contribution in [0.15, 0.2) is 65.6 Å². The molecule has 1 aliphatic heterocycles. The maximum absolute atomic E-state index is 12.7. The third kappa shape index (κ3) is 4.71. The van der Waals surface area contributed by atoms with Crippen LogP contribution in [0.1, 0.15) is 27.0 Å². The summed E-state index contributed by atoms with van der Waals surface area (Å²) in [5.41, 5.74) is 3.78. The van der Waals surface area contributed by atoms with Crippen LogP contribution in [0.25, 0.3) is 0 Å². The molecule has 1 amide bonds. The lowest BCUT2D eigenvalue weighted by molar-refractivity contribution is 0.0950. The van der Waals surface area contributed by atoms with Gasteiger partial charge in [0.2, 0.25) is 6.79 Å². The van der Waals surface area contributed by atoms with E-state index in [4.69, 9.17) is 14.2 Å². The van der Waals surface area contributed by atoms with Crippen LogP contribution in [-0.2, 0) is 12.3 Å². The van der Waals surface area contributed by atoms with Crippen LogP contribution in [-0.4, -0.2) is 19.8 Å². The molecule has 3 aromatic rings. The first kappa shape index (κ1) is 20.2. The largest absolute Gasteiger partial charge is 0.496 e.